The maximum atomic E-state index is 12.2. The lowest BCUT2D eigenvalue weighted by atomic mass is 9.92. The van der Waals surface area contributed by atoms with Gasteiger partial charge in [0, 0.05) is 56.6 Å². The van der Waals surface area contributed by atoms with Gasteiger partial charge < -0.3 is 4.90 Å². The van der Waals surface area contributed by atoms with Crippen LogP contribution < -0.4 is 10.5 Å². The second kappa shape index (κ2) is 7.87. The smallest absolute Gasteiger partial charge is 0.266 e. The molecule has 4 rings (SSSR count). The lowest BCUT2D eigenvalue weighted by molar-refractivity contribution is 0.241. The number of hydrogen-bond donors (Lipinski definition) is 0. The molecule has 8 heteroatoms. The van der Waals surface area contributed by atoms with Crippen LogP contribution in [0.25, 0.3) is 11.2 Å². The minimum absolute atomic E-state index is 0.0434. The molecule has 0 saturated carbocycles. The van der Waals surface area contributed by atoms with Gasteiger partial charge in [0.15, 0.2) is 5.65 Å². The maximum absolute atomic E-state index is 12.2. The molecular weight excluding hydrogens is 366 g/mol. The molecule has 0 radical (unpaired) electrons. The Hall–Kier alpha value is -2.87. The highest BCUT2D eigenvalue weighted by molar-refractivity contribution is 5.71. The summed E-state index contributed by atoms with van der Waals surface area (Å²) in [6.45, 7) is 11.4. The van der Waals surface area contributed by atoms with Gasteiger partial charge in [-0.25, -0.2) is 14.6 Å². The molecule has 1 aliphatic rings. The number of aromatic nitrogens is 5. The van der Waals surface area contributed by atoms with Crippen molar-refractivity contribution in [3.8, 4) is 0 Å². The summed E-state index contributed by atoms with van der Waals surface area (Å²) in [4.78, 5) is 30.0. The Morgan fingerprint density at radius 2 is 1.69 bits per heavy atom. The summed E-state index contributed by atoms with van der Waals surface area (Å²) in [6.07, 6.45) is 3.35. The van der Waals surface area contributed by atoms with E-state index in [1.54, 1.807) is 23.1 Å². The average Bonchev–Trinajstić information content (AvgIpc) is 2.72. The first-order chi connectivity index (χ1) is 13.9. The third-order valence-corrected chi connectivity index (χ3v) is 5.28. The average molecular weight is 393 g/mol. The molecule has 152 valence electrons. The van der Waals surface area contributed by atoms with Crippen LogP contribution in [0, 0.1) is 0 Å². The molecule has 4 heterocycles. The van der Waals surface area contributed by atoms with Crippen LogP contribution in [0.15, 0.2) is 41.5 Å². The fourth-order valence-electron chi connectivity index (χ4n) is 3.47. The van der Waals surface area contributed by atoms with E-state index in [-0.39, 0.29) is 11.0 Å². The van der Waals surface area contributed by atoms with Crippen molar-refractivity contribution in [1.29, 1.82) is 0 Å². The number of piperazine rings is 1. The Balaban J connectivity index is 1.36. The van der Waals surface area contributed by atoms with Crippen molar-refractivity contribution in [3.63, 3.8) is 0 Å². The van der Waals surface area contributed by atoms with E-state index in [1.807, 2.05) is 18.2 Å². The highest BCUT2D eigenvalue weighted by Crippen LogP contribution is 2.18. The molecular formula is C21H27N7O. The fraction of sp³-hybridized carbons (Fsp3) is 0.476. The van der Waals surface area contributed by atoms with Crippen LogP contribution in [0.4, 0.5) is 5.82 Å². The zero-order chi connectivity index (χ0) is 20.4. The van der Waals surface area contributed by atoms with E-state index < -0.39 is 0 Å². The first-order valence-corrected chi connectivity index (χ1v) is 10.0. The first kappa shape index (κ1) is 19.4. The Kier molecular flexibility index (Phi) is 5.27. The number of hydrogen-bond acceptors (Lipinski definition) is 7. The number of nitrogens with zero attached hydrogens (tertiary/aromatic N) is 7. The predicted molar refractivity (Wildman–Crippen MR) is 113 cm³/mol. The van der Waals surface area contributed by atoms with Crippen LogP contribution in [-0.2, 0) is 12.0 Å². The molecule has 8 nitrogen and oxygen atoms in total. The second-order valence-electron chi connectivity index (χ2n) is 8.43. The molecule has 29 heavy (non-hydrogen) atoms. The van der Waals surface area contributed by atoms with Gasteiger partial charge in [0.05, 0.1) is 12.2 Å². The monoisotopic (exact) mass is 393 g/mol. The Bertz CT molecular complexity index is 1050. The molecule has 1 aliphatic heterocycles. The van der Waals surface area contributed by atoms with Crippen molar-refractivity contribution in [2.75, 3.05) is 37.6 Å². The number of anilines is 1. The third kappa shape index (κ3) is 4.42. The summed E-state index contributed by atoms with van der Waals surface area (Å²) in [7, 11) is 0. The lowest BCUT2D eigenvalue weighted by Crippen LogP contribution is -2.48. The van der Waals surface area contributed by atoms with E-state index in [2.05, 4.69) is 50.6 Å². The van der Waals surface area contributed by atoms with Crippen molar-refractivity contribution in [3.05, 3.63) is 52.7 Å². The van der Waals surface area contributed by atoms with Gasteiger partial charge in [0.1, 0.15) is 11.3 Å². The van der Waals surface area contributed by atoms with Gasteiger partial charge in [0.25, 0.3) is 5.56 Å². The Morgan fingerprint density at radius 3 is 2.45 bits per heavy atom. The van der Waals surface area contributed by atoms with Crippen molar-refractivity contribution in [2.45, 2.75) is 32.7 Å². The van der Waals surface area contributed by atoms with Gasteiger partial charge >= 0.3 is 0 Å². The summed E-state index contributed by atoms with van der Waals surface area (Å²) in [5.74, 6) is 0.938. The van der Waals surface area contributed by atoms with Crippen LogP contribution in [0.3, 0.4) is 0 Å². The molecule has 3 aromatic rings. The number of rotatable bonds is 4. The van der Waals surface area contributed by atoms with E-state index in [0.717, 1.165) is 49.8 Å². The highest BCUT2D eigenvalue weighted by Gasteiger charge is 2.20. The summed E-state index contributed by atoms with van der Waals surface area (Å²) in [5.41, 5.74) is 2.31. The normalized spacial score (nSPS) is 15.8. The predicted octanol–water partition coefficient (Wildman–Crippen LogP) is 1.70. The molecule has 0 bridgehead atoms. The summed E-state index contributed by atoms with van der Waals surface area (Å²) in [6, 6.07) is 7.43. The summed E-state index contributed by atoms with van der Waals surface area (Å²) < 4.78 is 1.59. The zero-order valence-corrected chi connectivity index (χ0v) is 17.2. The van der Waals surface area contributed by atoms with Crippen molar-refractivity contribution >= 4 is 17.0 Å². The molecule has 0 amide bonds. The van der Waals surface area contributed by atoms with E-state index in [4.69, 9.17) is 0 Å². The molecule has 0 atom stereocenters. The lowest BCUT2D eigenvalue weighted by Gasteiger charge is -2.35. The Morgan fingerprint density at radius 1 is 0.931 bits per heavy atom. The standard InChI is InChI=1S/C21H27N7O/c1-21(2,3)17-5-7-19(29)28(25-17)15-12-26-10-13-27(14-11-26)18-6-4-16-20(24-18)23-9-8-22-16/h4-9H,10-15H2,1-3H3. The van der Waals surface area contributed by atoms with Crippen LogP contribution in [0.1, 0.15) is 26.5 Å². The van der Waals surface area contributed by atoms with Crippen LogP contribution in [-0.4, -0.2) is 62.4 Å². The minimum Gasteiger partial charge on any atom is -0.354 e. The molecule has 1 fully saturated rings. The van der Waals surface area contributed by atoms with Gasteiger partial charge in [-0.3, -0.25) is 14.7 Å². The molecule has 0 N–H and O–H groups in total. The molecule has 0 aromatic carbocycles. The second-order valence-corrected chi connectivity index (χ2v) is 8.43. The third-order valence-electron chi connectivity index (χ3n) is 5.28. The van der Waals surface area contributed by atoms with E-state index in [0.29, 0.717) is 12.2 Å². The summed E-state index contributed by atoms with van der Waals surface area (Å²) >= 11 is 0. The van der Waals surface area contributed by atoms with E-state index in [9.17, 15) is 4.79 Å². The molecule has 0 unspecified atom stereocenters. The van der Waals surface area contributed by atoms with Crippen LogP contribution in [0.5, 0.6) is 0 Å². The number of pyridine rings is 1. The topological polar surface area (TPSA) is 80.0 Å². The van der Waals surface area contributed by atoms with Gasteiger partial charge in [-0.15, -0.1) is 0 Å². The Labute approximate surface area is 170 Å². The van der Waals surface area contributed by atoms with Crippen LogP contribution >= 0.6 is 0 Å². The fourth-order valence-corrected chi connectivity index (χ4v) is 3.47. The quantitative estimate of drug-likeness (QED) is 0.667. The van der Waals surface area contributed by atoms with Gasteiger partial charge in [-0.1, -0.05) is 20.8 Å². The molecule has 0 spiro atoms. The van der Waals surface area contributed by atoms with Crippen LogP contribution in [0.2, 0.25) is 0 Å². The minimum atomic E-state index is -0.0711. The van der Waals surface area contributed by atoms with Crippen molar-refractivity contribution in [2.24, 2.45) is 0 Å². The SMILES string of the molecule is CC(C)(C)c1ccc(=O)n(CCN2CCN(c3ccc4nccnc4n3)CC2)n1. The van der Waals surface area contributed by atoms with Gasteiger partial charge in [-0.2, -0.15) is 5.10 Å². The first-order valence-electron chi connectivity index (χ1n) is 10.0. The maximum Gasteiger partial charge on any atom is 0.266 e. The van der Waals surface area contributed by atoms with E-state index >= 15 is 0 Å². The largest absolute Gasteiger partial charge is 0.354 e. The highest BCUT2D eigenvalue weighted by atomic mass is 16.1. The van der Waals surface area contributed by atoms with Gasteiger partial charge in [-0.05, 0) is 18.2 Å². The molecule has 1 saturated heterocycles. The molecule has 3 aromatic heterocycles. The van der Waals surface area contributed by atoms with E-state index in [1.165, 1.54) is 0 Å². The van der Waals surface area contributed by atoms with Gasteiger partial charge in [0.2, 0.25) is 0 Å². The van der Waals surface area contributed by atoms with Crippen molar-refractivity contribution in [1.82, 2.24) is 29.6 Å². The zero-order valence-electron chi connectivity index (χ0n) is 17.2. The number of fused-ring (bicyclic) bond motifs is 1. The van der Waals surface area contributed by atoms with Crippen molar-refractivity contribution < 1.29 is 0 Å². The molecule has 0 aliphatic carbocycles. The summed E-state index contributed by atoms with van der Waals surface area (Å²) in [5, 5.41) is 4.56.